The largest absolute Gasteiger partial charge is 0.481 e. The normalized spacial score (nSPS) is 14.0. The van der Waals surface area contributed by atoms with E-state index < -0.39 is 30.1 Å². The molecule has 112 valence electrons. The third-order valence-corrected chi connectivity index (χ3v) is 2.08. The van der Waals surface area contributed by atoms with Crippen molar-refractivity contribution in [3.8, 4) is 0 Å². The van der Waals surface area contributed by atoms with Gasteiger partial charge in [0.05, 0.1) is 0 Å². The number of carbonyl (C=O) groups excluding carboxylic acids is 1. The Labute approximate surface area is 109 Å². The molecule has 0 heterocycles. The average Bonchev–Trinajstić information content (AvgIpc) is 2.11. The van der Waals surface area contributed by atoms with Gasteiger partial charge in [-0.1, -0.05) is 0 Å². The predicted molar refractivity (Wildman–Crippen MR) is 62.6 cm³/mol. The highest BCUT2D eigenvalue weighted by Gasteiger charge is 2.44. The first-order valence-electron chi connectivity index (χ1n) is 5.75. The maximum Gasteiger partial charge on any atom is 0.403 e. The van der Waals surface area contributed by atoms with Gasteiger partial charge >= 0.3 is 12.1 Å². The van der Waals surface area contributed by atoms with Gasteiger partial charge in [0.1, 0.15) is 0 Å². The first-order valence-corrected chi connectivity index (χ1v) is 5.75. The van der Waals surface area contributed by atoms with E-state index in [1.54, 1.807) is 20.8 Å². The molecule has 0 saturated heterocycles. The van der Waals surface area contributed by atoms with Crippen molar-refractivity contribution in [1.29, 1.82) is 0 Å². The number of nitrogens with one attached hydrogen (secondary N) is 2. The van der Waals surface area contributed by atoms with Crippen molar-refractivity contribution in [1.82, 2.24) is 10.6 Å². The second-order valence-electron chi connectivity index (χ2n) is 5.18. The van der Waals surface area contributed by atoms with E-state index in [1.807, 2.05) is 0 Å². The molecule has 0 aliphatic rings. The Kier molecular flexibility index (Phi) is 6.28. The Bertz CT molecular complexity index is 324. The third-order valence-electron chi connectivity index (χ3n) is 2.08. The molecule has 1 unspecified atom stereocenters. The maximum atomic E-state index is 12.3. The summed E-state index contributed by atoms with van der Waals surface area (Å²) in [6, 6.07) is 0. The van der Waals surface area contributed by atoms with E-state index in [0.29, 0.717) is 0 Å². The quantitative estimate of drug-likeness (QED) is 0.639. The van der Waals surface area contributed by atoms with Crippen LogP contribution in [0.15, 0.2) is 0 Å². The highest BCUT2D eigenvalue weighted by molar-refractivity contribution is 5.76. The van der Waals surface area contributed by atoms with Crippen LogP contribution in [0.2, 0.25) is 0 Å². The van der Waals surface area contributed by atoms with Gasteiger partial charge in [0, 0.05) is 25.0 Å². The summed E-state index contributed by atoms with van der Waals surface area (Å²) in [6.45, 7) is 4.58. The van der Waals surface area contributed by atoms with E-state index in [-0.39, 0.29) is 18.9 Å². The first-order chi connectivity index (χ1) is 8.43. The summed E-state index contributed by atoms with van der Waals surface area (Å²) in [5.41, 5.74) is -0.410. The van der Waals surface area contributed by atoms with Crippen LogP contribution < -0.4 is 10.6 Å². The molecule has 0 fully saturated rings. The number of amides is 1. The lowest BCUT2D eigenvalue weighted by Crippen LogP contribution is -2.43. The van der Waals surface area contributed by atoms with Crippen molar-refractivity contribution in [2.75, 3.05) is 13.1 Å². The van der Waals surface area contributed by atoms with Gasteiger partial charge < -0.3 is 15.7 Å². The summed E-state index contributed by atoms with van der Waals surface area (Å²) in [7, 11) is 0. The number of hydrogen-bond acceptors (Lipinski definition) is 3. The molecule has 5 nitrogen and oxygen atoms in total. The second-order valence-corrected chi connectivity index (χ2v) is 5.18. The number of halogens is 3. The van der Waals surface area contributed by atoms with E-state index in [9.17, 15) is 22.8 Å². The monoisotopic (exact) mass is 284 g/mol. The summed E-state index contributed by atoms with van der Waals surface area (Å²) in [5.74, 6) is -4.70. The van der Waals surface area contributed by atoms with Crippen LogP contribution in [-0.2, 0) is 9.59 Å². The summed E-state index contributed by atoms with van der Waals surface area (Å²) in [4.78, 5) is 21.8. The highest BCUT2D eigenvalue weighted by Crippen LogP contribution is 2.25. The zero-order valence-electron chi connectivity index (χ0n) is 11.1. The summed E-state index contributed by atoms with van der Waals surface area (Å²) < 4.78 is 36.8. The van der Waals surface area contributed by atoms with Crippen LogP contribution in [0.5, 0.6) is 0 Å². The minimum Gasteiger partial charge on any atom is -0.481 e. The topological polar surface area (TPSA) is 78.4 Å². The van der Waals surface area contributed by atoms with E-state index in [1.165, 1.54) is 0 Å². The van der Waals surface area contributed by atoms with Crippen molar-refractivity contribution < 1.29 is 27.9 Å². The molecule has 0 saturated carbocycles. The van der Waals surface area contributed by atoms with Crippen molar-refractivity contribution >= 4 is 11.9 Å². The first kappa shape index (κ1) is 17.7. The summed E-state index contributed by atoms with van der Waals surface area (Å²) in [5, 5.41) is 13.4. The number of aliphatic carboxylic acids is 1. The van der Waals surface area contributed by atoms with Crippen LogP contribution in [0, 0.1) is 5.92 Å². The molecular formula is C11H19F3N2O3. The number of carboxylic acid groups (broad SMARTS) is 1. The third kappa shape index (κ3) is 8.41. The summed E-state index contributed by atoms with van der Waals surface area (Å²) in [6.07, 6.45) is -4.81. The lowest BCUT2D eigenvalue weighted by atomic mass is 10.1. The molecule has 0 bridgehead atoms. The van der Waals surface area contributed by atoms with Gasteiger partial charge in [-0.05, 0) is 20.8 Å². The predicted octanol–water partition coefficient (Wildman–Crippen LogP) is 1.14. The standard InChI is InChI=1S/C11H19F3N2O3/c1-10(2,3)16-8(17)4-5-15-6-7(9(18)19)11(12,13)14/h7,15H,4-6H2,1-3H3,(H,16,17)(H,18,19). The molecule has 0 aromatic rings. The molecule has 8 heteroatoms. The van der Waals surface area contributed by atoms with Crippen molar-refractivity contribution in [2.24, 2.45) is 5.92 Å². The minimum atomic E-state index is -4.80. The van der Waals surface area contributed by atoms with Crippen LogP contribution in [0.4, 0.5) is 13.2 Å². The Morgan fingerprint density at radius 1 is 1.21 bits per heavy atom. The van der Waals surface area contributed by atoms with Crippen LogP contribution >= 0.6 is 0 Å². The Hall–Kier alpha value is -1.31. The fraction of sp³-hybridized carbons (Fsp3) is 0.818. The van der Waals surface area contributed by atoms with Gasteiger partial charge in [0.2, 0.25) is 5.91 Å². The van der Waals surface area contributed by atoms with E-state index >= 15 is 0 Å². The number of carboxylic acids is 1. The van der Waals surface area contributed by atoms with Crippen LogP contribution in [0.1, 0.15) is 27.2 Å². The molecule has 0 aromatic carbocycles. The van der Waals surface area contributed by atoms with Gasteiger partial charge in [-0.3, -0.25) is 9.59 Å². The van der Waals surface area contributed by atoms with Gasteiger partial charge in [0.15, 0.2) is 5.92 Å². The molecule has 3 N–H and O–H groups in total. The number of rotatable bonds is 6. The zero-order chi connectivity index (χ0) is 15.3. The zero-order valence-corrected chi connectivity index (χ0v) is 11.1. The fourth-order valence-corrected chi connectivity index (χ4v) is 1.27. The smallest absolute Gasteiger partial charge is 0.403 e. The number of hydrogen-bond donors (Lipinski definition) is 3. The Morgan fingerprint density at radius 3 is 2.11 bits per heavy atom. The van der Waals surface area contributed by atoms with E-state index in [0.717, 1.165) is 0 Å². The van der Waals surface area contributed by atoms with Gasteiger partial charge in [0.25, 0.3) is 0 Å². The molecule has 0 aromatic heterocycles. The molecule has 0 spiro atoms. The maximum absolute atomic E-state index is 12.3. The molecule has 0 aliphatic heterocycles. The van der Waals surface area contributed by atoms with E-state index in [4.69, 9.17) is 5.11 Å². The van der Waals surface area contributed by atoms with Crippen LogP contribution in [-0.4, -0.2) is 41.8 Å². The van der Waals surface area contributed by atoms with Gasteiger partial charge in [-0.25, -0.2) is 0 Å². The minimum absolute atomic E-state index is 0.0121. The molecular weight excluding hydrogens is 265 g/mol. The fourth-order valence-electron chi connectivity index (χ4n) is 1.27. The molecule has 1 amide bonds. The summed E-state index contributed by atoms with van der Waals surface area (Å²) >= 11 is 0. The Balaban J connectivity index is 4.03. The van der Waals surface area contributed by atoms with Crippen LogP contribution in [0.25, 0.3) is 0 Å². The molecule has 1 atom stereocenters. The van der Waals surface area contributed by atoms with Gasteiger partial charge in [-0.2, -0.15) is 13.2 Å². The van der Waals surface area contributed by atoms with Gasteiger partial charge in [-0.15, -0.1) is 0 Å². The molecule has 0 radical (unpaired) electrons. The SMILES string of the molecule is CC(C)(C)NC(=O)CCNCC(C(=O)O)C(F)(F)F. The lowest BCUT2D eigenvalue weighted by Gasteiger charge is -2.21. The van der Waals surface area contributed by atoms with Crippen molar-refractivity contribution in [2.45, 2.75) is 38.9 Å². The Morgan fingerprint density at radius 2 is 1.74 bits per heavy atom. The highest BCUT2D eigenvalue weighted by atomic mass is 19.4. The number of carbonyl (C=O) groups is 2. The molecule has 19 heavy (non-hydrogen) atoms. The number of alkyl halides is 3. The van der Waals surface area contributed by atoms with E-state index in [2.05, 4.69) is 10.6 Å². The second kappa shape index (κ2) is 6.74. The lowest BCUT2D eigenvalue weighted by molar-refractivity contribution is -0.192. The van der Waals surface area contributed by atoms with Crippen molar-refractivity contribution in [3.05, 3.63) is 0 Å². The van der Waals surface area contributed by atoms with Crippen LogP contribution in [0.3, 0.4) is 0 Å². The molecule has 0 aliphatic carbocycles. The van der Waals surface area contributed by atoms with Crippen molar-refractivity contribution in [3.63, 3.8) is 0 Å². The molecule has 0 rings (SSSR count). The average molecular weight is 284 g/mol.